The number of benzene rings is 1. The first-order valence-electron chi connectivity index (χ1n) is 12.4. The van der Waals surface area contributed by atoms with Crippen molar-refractivity contribution in [3.05, 3.63) is 35.9 Å². The van der Waals surface area contributed by atoms with E-state index in [1.807, 2.05) is 30.0 Å². The number of rotatable bonds is 8. The summed E-state index contributed by atoms with van der Waals surface area (Å²) in [7, 11) is 0. The van der Waals surface area contributed by atoms with Crippen molar-refractivity contribution in [3.8, 4) is 0 Å². The third-order valence-corrected chi connectivity index (χ3v) is 7.34. The minimum atomic E-state index is -0.158. The van der Waals surface area contributed by atoms with Crippen molar-refractivity contribution in [2.75, 3.05) is 19.7 Å². The highest BCUT2D eigenvalue weighted by Crippen LogP contribution is 2.31. The molecule has 0 aliphatic carbocycles. The van der Waals surface area contributed by atoms with Crippen LogP contribution in [0.3, 0.4) is 0 Å². The minimum Gasteiger partial charge on any atom is -0.450 e. The normalized spacial score (nSPS) is 23.2. The van der Waals surface area contributed by atoms with Gasteiger partial charge in [0, 0.05) is 50.7 Å². The molecule has 178 valence electrons. The molecular weight excluding hydrogens is 402 g/mol. The first-order valence-corrected chi connectivity index (χ1v) is 12.4. The molecule has 2 aliphatic rings. The molecule has 1 aromatic rings. The predicted octanol–water partition coefficient (Wildman–Crippen LogP) is 4.68. The van der Waals surface area contributed by atoms with Crippen molar-refractivity contribution in [3.63, 3.8) is 0 Å². The Balaban J connectivity index is 1.57. The zero-order chi connectivity index (χ0) is 23.1. The molecule has 2 heterocycles. The van der Waals surface area contributed by atoms with Crippen LogP contribution in [0, 0.1) is 0 Å². The van der Waals surface area contributed by atoms with Crippen LogP contribution in [0.25, 0.3) is 0 Å². The van der Waals surface area contributed by atoms with Crippen molar-refractivity contribution in [1.29, 1.82) is 0 Å². The van der Waals surface area contributed by atoms with E-state index in [-0.39, 0.29) is 24.1 Å². The fraction of sp³-hybridized carbons (Fsp3) is 0.692. The molecule has 2 aliphatic heterocycles. The highest BCUT2D eigenvalue weighted by molar-refractivity contribution is 5.73. The smallest absolute Gasteiger partial charge is 0.410 e. The number of likely N-dealkylation sites (tertiary alicyclic amines) is 2. The standard InChI is InChI=1S/C26H41N3O3/c1-5-23(18-25-13-12-20(3)29(25)26(31)32-6-2)27-16-14-24(15-17-27)28(21(4)30)19-22-10-8-7-9-11-22/h7-11,20,23-25H,5-6,12-19H2,1-4H3. The molecule has 1 aromatic carbocycles. The average molecular weight is 444 g/mol. The van der Waals surface area contributed by atoms with Gasteiger partial charge < -0.3 is 19.4 Å². The lowest BCUT2D eigenvalue weighted by molar-refractivity contribution is -0.133. The molecule has 2 amide bonds. The maximum absolute atomic E-state index is 12.5. The molecule has 0 saturated carbocycles. The Labute approximate surface area is 193 Å². The summed E-state index contributed by atoms with van der Waals surface area (Å²) < 4.78 is 5.33. The zero-order valence-electron chi connectivity index (χ0n) is 20.3. The Hall–Kier alpha value is -2.08. The number of ether oxygens (including phenoxy) is 1. The largest absolute Gasteiger partial charge is 0.450 e. The molecule has 3 atom stereocenters. The van der Waals surface area contributed by atoms with E-state index < -0.39 is 0 Å². The summed E-state index contributed by atoms with van der Waals surface area (Å²) in [6, 6.07) is 11.5. The second-order valence-electron chi connectivity index (χ2n) is 9.38. The van der Waals surface area contributed by atoms with E-state index in [2.05, 4.69) is 35.8 Å². The fourth-order valence-corrected chi connectivity index (χ4v) is 5.56. The van der Waals surface area contributed by atoms with Gasteiger partial charge in [-0.2, -0.15) is 0 Å². The van der Waals surface area contributed by atoms with Gasteiger partial charge in [-0.3, -0.25) is 4.79 Å². The molecule has 0 radical (unpaired) electrons. The van der Waals surface area contributed by atoms with E-state index in [9.17, 15) is 9.59 Å². The zero-order valence-corrected chi connectivity index (χ0v) is 20.3. The van der Waals surface area contributed by atoms with Crippen LogP contribution in [-0.2, 0) is 16.1 Å². The summed E-state index contributed by atoms with van der Waals surface area (Å²) in [6.07, 6.45) is 6.04. The first kappa shape index (κ1) is 24.6. The summed E-state index contributed by atoms with van der Waals surface area (Å²) in [5.41, 5.74) is 1.19. The van der Waals surface area contributed by atoms with Crippen molar-refractivity contribution in [2.24, 2.45) is 0 Å². The first-order chi connectivity index (χ1) is 15.4. The Kier molecular flexibility index (Phi) is 8.97. The summed E-state index contributed by atoms with van der Waals surface area (Å²) in [6.45, 7) is 11.1. The lowest BCUT2D eigenvalue weighted by Crippen LogP contribution is -2.50. The van der Waals surface area contributed by atoms with Crippen LogP contribution in [-0.4, -0.2) is 70.6 Å². The van der Waals surface area contributed by atoms with E-state index in [0.29, 0.717) is 25.2 Å². The van der Waals surface area contributed by atoms with Gasteiger partial charge in [-0.05, 0) is 57.9 Å². The van der Waals surface area contributed by atoms with E-state index >= 15 is 0 Å². The minimum absolute atomic E-state index is 0.157. The molecule has 2 saturated heterocycles. The fourth-order valence-electron chi connectivity index (χ4n) is 5.56. The molecule has 0 aromatic heterocycles. The van der Waals surface area contributed by atoms with Crippen LogP contribution in [0.2, 0.25) is 0 Å². The molecule has 0 spiro atoms. The lowest BCUT2D eigenvalue weighted by atomic mass is 9.96. The average Bonchev–Trinajstić information content (AvgIpc) is 3.16. The van der Waals surface area contributed by atoms with E-state index in [1.54, 1.807) is 6.92 Å². The van der Waals surface area contributed by atoms with Gasteiger partial charge in [0.05, 0.1) is 6.61 Å². The molecule has 0 bridgehead atoms. The van der Waals surface area contributed by atoms with Crippen LogP contribution in [0.1, 0.15) is 71.8 Å². The topological polar surface area (TPSA) is 53.1 Å². The van der Waals surface area contributed by atoms with Crippen molar-refractivity contribution < 1.29 is 14.3 Å². The second kappa shape index (κ2) is 11.7. The van der Waals surface area contributed by atoms with Gasteiger partial charge in [-0.1, -0.05) is 37.3 Å². The van der Waals surface area contributed by atoms with Crippen molar-refractivity contribution >= 4 is 12.0 Å². The highest BCUT2D eigenvalue weighted by atomic mass is 16.6. The molecule has 3 rings (SSSR count). The molecule has 0 N–H and O–H groups in total. The van der Waals surface area contributed by atoms with Crippen LogP contribution in [0.15, 0.2) is 30.3 Å². The number of nitrogens with zero attached hydrogens (tertiary/aromatic N) is 3. The number of carbonyl (C=O) groups is 2. The van der Waals surface area contributed by atoms with E-state index in [4.69, 9.17) is 4.74 Å². The van der Waals surface area contributed by atoms with Crippen LogP contribution >= 0.6 is 0 Å². The number of hydrogen-bond donors (Lipinski definition) is 0. The summed E-state index contributed by atoms with van der Waals surface area (Å²) in [5, 5.41) is 0. The lowest BCUT2D eigenvalue weighted by Gasteiger charge is -2.42. The summed E-state index contributed by atoms with van der Waals surface area (Å²) in [4.78, 5) is 31.5. The molecule has 2 fully saturated rings. The maximum atomic E-state index is 12.5. The van der Waals surface area contributed by atoms with Crippen LogP contribution in [0.4, 0.5) is 4.79 Å². The second-order valence-corrected chi connectivity index (χ2v) is 9.38. The molecule has 3 unspecified atom stereocenters. The van der Waals surface area contributed by atoms with Crippen LogP contribution in [0.5, 0.6) is 0 Å². The molecule has 6 nitrogen and oxygen atoms in total. The van der Waals surface area contributed by atoms with Gasteiger partial charge in [-0.25, -0.2) is 4.79 Å². The van der Waals surface area contributed by atoms with Gasteiger partial charge in [0.15, 0.2) is 0 Å². The third kappa shape index (κ3) is 6.03. The maximum Gasteiger partial charge on any atom is 0.410 e. The Morgan fingerprint density at radius 3 is 2.38 bits per heavy atom. The molecule has 6 heteroatoms. The third-order valence-electron chi connectivity index (χ3n) is 7.34. The van der Waals surface area contributed by atoms with Crippen molar-refractivity contribution in [2.45, 2.75) is 96.9 Å². The van der Waals surface area contributed by atoms with Gasteiger partial charge in [0.1, 0.15) is 0 Å². The van der Waals surface area contributed by atoms with E-state index in [1.165, 1.54) is 5.56 Å². The highest BCUT2D eigenvalue weighted by Gasteiger charge is 2.38. The monoisotopic (exact) mass is 443 g/mol. The predicted molar refractivity (Wildman–Crippen MR) is 127 cm³/mol. The van der Waals surface area contributed by atoms with E-state index in [0.717, 1.165) is 51.6 Å². The van der Waals surface area contributed by atoms with Crippen LogP contribution < -0.4 is 0 Å². The van der Waals surface area contributed by atoms with Crippen molar-refractivity contribution in [1.82, 2.24) is 14.7 Å². The number of carbonyl (C=O) groups excluding carboxylic acids is 2. The van der Waals surface area contributed by atoms with Gasteiger partial charge in [0.2, 0.25) is 5.91 Å². The van der Waals surface area contributed by atoms with Gasteiger partial charge in [-0.15, -0.1) is 0 Å². The Morgan fingerprint density at radius 2 is 1.78 bits per heavy atom. The SMILES string of the molecule is CCOC(=O)N1C(C)CCC1CC(CC)N1CCC(N(Cc2ccccc2)C(C)=O)CC1. The number of piperidine rings is 1. The Bertz CT molecular complexity index is 733. The number of hydrogen-bond acceptors (Lipinski definition) is 4. The quantitative estimate of drug-likeness (QED) is 0.585. The number of amides is 2. The summed E-state index contributed by atoms with van der Waals surface area (Å²) >= 11 is 0. The Morgan fingerprint density at radius 1 is 1.09 bits per heavy atom. The molecular formula is C26H41N3O3. The van der Waals surface area contributed by atoms with Gasteiger partial charge in [0.25, 0.3) is 0 Å². The van der Waals surface area contributed by atoms with Gasteiger partial charge >= 0.3 is 6.09 Å². The molecule has 32 heavy (non-hydrogen) atoms. The summed E-state index contributed by atoms with van der Waals surface area (Å²) in [5.74, 6) is 0.157.